The van der Waals surface area contributed by atoms with Crippen LogP contribution in [0.5, 0.6) is 0 Å². The van der Waals surface area contributed by atoms with E-state index in [4.69, 9.17) is 10.2 Å². The molecule has 126 valence electrons. The fourth-order valence-electron chi connectivity index (χ4n) is 2.43. The van der Waals surface area contributed by atoms with Gasteiger partial charge in [0, 0.05) is 0 Å². The molecule has 0 aliphatic carbocycles. The summed E-state index contributed by atoms with van der Waals surface area (Å²) in [5.41, 5.74) is 0. The first kappa shape index (κ1) is 19.9. The zero-order valence-electron chi connectivity index (χ0n) is 12.4. The maximum absolute atomic E-state index is 11.3. The Hall–Kier alpha value is -2.12. The SMILES string of the molecule is CCCCCCC(C(=O)O)C(C(=O)O)C(CC(=O)O)C(=O)O. The topological polar surface area (TPSA) is 149 Å². The number of carboxylic acids is 4. The predicted octanol–water partition coefficient (Wildman–Crippen LogP) is 1.53. The second-order valence-corrected chi connectivity index (χ2v) is 5.20. The molecule has 8 heteroatoms. The molecule has 0 fully saturated rings. The lowest BCUT2D eigenvalue weighted by Crippen LogP contribution is -2.40. The minimum atomic E-state index is -1.78. The van der Waals surface area contributed by atoms with Crippen molar-refractivity contribution in [3.05, 3.63) is 0 Å². The quantitative estimate of drug-likeness (QED) is 0.396. The maximum atomic E-state index is 11.3. The molecule has 0 aliphatic heterocycles. The highest BCUT2D eigenvalue weighted by Crippen LogP contribution is 2.29. The van der Waals surface area contributed by atoms with Gasteiger partial charge in [-0.05, 0) is 6.42 Å². The van der Waals surface area contributed by atoms with Crippen LogP contribution in [0, 0.1) is 17.8 Å². The molecule has 8 nitrogen and oxygen atoms in total. The third kappa shape index (κ3) is 6.55. The number of hydrogen-bond donors (Lipinski definition) is 4. The van der Waals surface area contributed by atoms with Crippen molar-refractivity contribution in [3.8, 4) is 0 Å². The highest BCUT2D eigenvalue weighted by molar-refractivity contribution is 5.87. The number of rotatable bonds is 12. The smallest absolute Gasteiger partial charge is 0.308 e. The Balaban J connectivity index is 5.25. The van der Waals surface area contributed by atoms with Crippen LogP contribution < -0.4 is 0 Å². The summed E-state index contributed by atoms with van der Waals surface area (Å²) in [6, 6.07) is 0. The Kier molecular flexibility index (Phi) is 8.81. The third-order valence-electron chi connectivity index (χ3n) is 3.55. The van der Waals surface area contributed by atoms with Gasteiger partial charge in [0.25, 0.3) is 0 Å². The first-order chi connectivity index (χ1) is 10.2. The summed E-state index contributed by atoms with van der Waals surface area (Å²) >= 11 is 0. The van der Waals surface area contributed by atoms with Crippen LogP contribution in [0.2, 0.25) is 0 Å². The van der Waals surface area contributed by atoms with Crippen LogP contribution in [0.4, 0.5) is 0 Å². The molecule has 0 aromatic carbocycles. The molecular formula is C14H22O8. The van der Waals surface area contributed by atoms with Crippen molar-refractivity contribution >= 4 is 23.9 Å². The van der Waals surface area contributed by atoms with Crippen molar-refractivity contribution < 1.29 is 39.6 Å². The lowest BCUT2D eigenvalue weighted by molar-refractivity contribution is -0.164. The van der Waals surface area contributed by atoms with Gasteiger partial charge in [0.1, 0.15) is 0 Å². The molecule has 0 amide bonds. The van der Waals surface area contributed by atoms with Gasteiger partial charge in [0.05, 0.1) is 24.2 Å². The van der Waals surface area contributed by atoms with E-state index >= 15 is 0 Å². The largest absolute Gasteiger partial charge is 0.481 e. The summed E-state index contributed by atoms with van der Waals surface area (Å²) in [7, 11) is 0. The van der Waals surface area contributed by atoms with Gasteiger partial charge in [-0.1, -0.05) is 32.6 Å². The van der Waals surface area contributed by atoms with Gasteiger partial charge < -0.3 is 20.4 Å². The lowest BCUT2D eigenvalue weighted by Gasteiger charge is -2.25. The second kappa shape index (κ2) is 9.75. The summed E-state index contributed by atoms with van der Waals surface area (Å²) in [5, 5.41) is 36.2. The zero-order chi connectivity index (χ0) is 17.3. The van der Waals surface area contributed by atoms with Crippen molar-refractivity contribution in [1.29, 1.82) is 0 Å². The van der Waals surface area contributed by atoms with Crippen molar-refractivity contribution in [1.82, 2.24) is 0 Å². The molecule has 0 heterocycles. The van der Waals surface area contributed by atoms with Crippen LogP contribution in [-0.2, 0) is 19.2 Å². The van der Waals surface area contributed by atoms with Crippen LogP contribution in [-0.4, -0.2) is 44.3 Å². The number of carbonyl (C=O) groups is 4. The van der Waals surface area contributed by atoms with Crippen molar-refractivity contribution in [2.24, 2.45) is 17.8 Å². The third-order valence-corrected chi connectivity index (χ3v) is 3.55. The first-order valence-electron chi connectivity index (χ1n) is 7.12. The summed E-state index contributed by atoms with van der Waals surface area (Å²) < 4.78 is 0. The summed E-state index contributed by atoms with van der Waals surface area (Å²) in [4.78, 5) is 44.6. The van der Waals surface area contributed by atoms with E-state index in [0.717, 1.165) is 12.8 Å². The van der Waals surface area contributed by atoms with E-state index in [1.165, 1.54) is 0 Å². The molecular weight excluding hydrogens is 296 g/mol. The maximum Gasteiger partial charge on any atom is 0.308 e. The first-order valence-corrected chi connectivity index (χ1v) is 7.12. The van der Waals surface area contributed by atoms with Crippen LogP contribution in [0.1, 0.15) is 45.4 Å². The Morgan fingerprint density at radius 2 is 1.32 bits per heavy atom. The highest BCUT2D eigenvalue weighted by Gasteiger charge is 2.43. The van der Waals surface area contributed by atoms with Crippen LogP contribution in [0.15, 0.2) is 0 Å². The standard InChI is InChI=1S/C14H22O8/c1-2-3-4-5-6-8(12(17)18)11(14(21)22)9(13(19)20)7-10(15)16/h8-9,11H,2-7H2,1H3,(H,15,16)(H,17,18)(H,19,20)(H,21,22). The van der Waals surface area contributed by atoms with E-state index in [-0.39, 0.29) is 6.42 Å². The fraction of sp³-hybridized carbons (Fsp3) is 0.714. The molecule has 4 N–H and O–H groups in total. The van der Waals surface area contributed by atoms with E-state index in [0.29, 0.717) is 12.8 Å². The minimum Gasteiger partial charge on any atom is -0.481 e. The number of carboxylic acid groups (broad SMARTS) is 4. The van der Waals surface area contributed by atoms with Crippen LogP contribution in [0.3, 0.4) is 0 Å². The van der Waals surface area contributed by atoms with Gasteiger partial charge in [-0.25, -0.2) is 0 Å². The summed E-state index contributed by atoms with van der Waals surface area (Å²) in [6.45, 7) is 1.96. The highest BCUT2D eigenvalue weighted by atomic mass is 16.4. The molecule has 0 bridgehead atoms. The molecule has 22 heavy (non-hydrogen) atoms. The van der Waals surface area contributed by atoms with E-state index in [1.807, 2.05) is 6.92 Å². The Labute approximate surface area is 127 Å². The van der Waals surface area contributed by atoms with Crippen LogP contribution in [0.25, 0.3) is 0 Å². The van der Waals surface area contributed by atoms with Crippen molar-refractivity contribution in [3.63, 3.8) is 0 Å². The number of unbranched alkanes of at least 4 members (excludes halogenated alkanes) is 3. The van der Waals surface area contributed by atoms with Gasteiger partial charge in [-0.3, -0.25) is 19.2 Å². The molecule has 3 atom stereocenters. The normalized spacial score (nSPS) is 14.8. The van der Waals surface area contributed by atoms with Gasteiger partial charge in [0.2, 0.25) is 0 Å². The molecule has 0 saturated carbocycles. The fourth-order valence-corrected chi connectivity index (χ4v) is 2.43. The average Bonchev–Trinajstić information content (AvgIpc) is 2.39. The predicted molar refractivity (Wildman–Crippen MR) is 74.4 cm³/mol. The molecule has 0 aromatic heterocycles. The van der Waals surface area contributed by atoms with Gasteiger partial charge in [0.15, 0.2) is 0 Å². The van der Waals surface area contributed by atoms with Crippen LogP contribution >= 0.6 is 0 Å². The minimum absolute atomic E-state index is 0.00962. The molecule has 0 saturated heterocycles. The van der Waals surface area contributed by atoms with Crippen molar-refractivity contribution in [2.45, 2.75) is 45.4 Å². The van der Waals surface area contributed by atoms with E-state index in [1.54, 1.807) is 0 Å². The molecule has 0 aliphatic rings. The van der Waals surface area contributed by atoms with E-state index < -0.39 is 48.1 Å². The van der Waals surface area contributed by atoms with Gasteiger partial charge in [-0.2, -0.15) is 0 Å². The molecule has 0 spiro atoms. The van der Waals surface area contributed by atoms with Gasteiger partial charge in [-0.15, -0.1) is 0 Å². The van der Waals surface area contributed by atoms with Crippen molar-refractivity contribution in [2.75, 3.05) is 0 Å². The van der Waals surface area contributed by atoms with E-state index in [2.05, 4.69) is 0 Å². The zero-order valence-corrected chi connectivity index (χ0v) is 12.4. The monoisotopic (exact) mass is 318 g/mol. The van der Waals surface area contributed by atoms with Gasteiger partial charge >= 0.3 is 23.9 Å². The summed E-state index contributed by atoms with van der Waals surface area (Å²) in [5.74, 6) is -11.1. The molecule has 0 radical (unpaired) electrons. The lowest BCUT2D eigenvalue weighted by atomic mass is 9.77. The average molecular weight is 318 g/mol. The van der Waals surface area contributed by atoms with E-state index in [9.17, 15) is 29.4 Å². The summed E-state index contributed by atoms with van der Waals surface area (Å²) in [6.07, 6.45) is 2.02. The Morgan fingerprint density at radius 1 is 0.773 bits per heavy atom. The Bertz CT molecular complexity index is 417. The molecule has 0 aromatic rings. The molecule has 0 rings (SSSR count). The number of aliphatic carboxylic acids is 4. The molecule has 3 unspecified atom stereocenters. The Morgan fingerprint density at radius 3 is 1.68 bits per heavy atom. The number of hydrogen-bond acceptors (Lipinski definition) is 4. The second-order valence-electron chi connectivity index (χ2n) is 5.20.